The van der Waals surface area contributed by atoms with Crippen molar-refractivity contribution in [3.05, 3.63) is 21.6 Å². The number of rotatable bonds is 1. The molecular formula is C10H14N2O2S. The van der Waals surface area contributed by atoms with E-state index in [-0.39, 0.29) is 5.56 Å². The minimum atomic E-state index is 0.196. The van der Waals surface area contributed by atoms with Gasteiger partial charge in [0, 0.05) is 24.7 Å². The highest BCUT2D eigenvalue weighted by Gasteiger charge is 2.24. The lowest BCUT2D eigenvalue weighted by Gasteiger charge is -2.22. The zero-order valence-corrected chi connectivity index (χ0v) is 9.31. The fraction of sp³-hybridized carbons (Fsp3) is 0.700. The lowest BCUT2D eigenvalue weighted by Crippen LogP contribution is -2.28. The van der Waals surface area contributed by atoms with Gasteiger partial charge in [-0.25, -0.2) is 4.68 Å². The Hall–Kier alpha value is -0.680. The maximum absolute atomic E-state index is 12.0. The largest absolute Gasteiger partial charge is 0.381 e. The van der Waals surface area contributed by atoms with Crippen molar-refractivity contribution < 1.29 is 4.74 Å². The van der Waals surface area contributed by atoms with E-state index in [9.17, 15) is 4.79 Å². The second-order valence-corrected chi connectivity index (χ2v) is 5.07. The molecule has 4 nitrogen and oxygen atoms in total. The summed E-state index contributed by atoms with van der Waals surface area (Å²) in [7, 11) is 0. The van der Waals surface area contributed by atoms with E-state index in [4.69, 9.17) is 4.74 Å². The van der Waals surface area contributed by atoms with E-state index in [0.29, 0.717) is 6.04 Å². The molecule has 0 radical (unpaired) electrons. The monoisotopic (exact) mass is 226 g/mol. The smallest absolute Gasteiger partial charge is 0.271 e. The summed E-state index contributed by atoms with van der Waals surface area (Å²) in [6, 6.07) is 0.321. The van der Waals surface area contributed by atoms with Crippen LogP contribution in [0, 0.1) is 0 Å². The van der Waals surface area contributed by atoms with Gasteiger partial charge in [-0.1, -0.05) is 0 Å². The van der Waals surface area contributed by atoms with Gasteiger partial charge in [-0.3, -0.25) is 9.89 Å². The first-order valence-corrected chi connectivity index (χ1v) is 6.49. The predicted molar refractivity (Wildman–Crippen MR) is 59.1 cm³/mol. The first kappa shape index (κ1) is 9.54. The average molecular weight is 226 g/mol. The molecule has 0 aliphatic carbocycles. The lowest BCUT2D eigenvalue weighted by atomic mass is 10.1. The topological polar surface area (TPSA) is 47.0 Å². The Balaban J connectivity index is 1.95. The number of aromatic nitrogens is 2. The Morgan fingerprint density at radius 1 is 1.33 bits per heavy atom. The van der Waals surface area contributed by atoms with E-state index in [2.05, 4.69) is 5.10 Å². The zero-order chi connectivity index (χ0) is 10.3. The van der Waals surface area contributed by atoms with Crippen molar-refractivity contribution >= 4 is 11.8 Å². The van der Waals surface area contributed by atoms with Crippen molar-refractivity contribution in [3.8, 4) is 0 Å². The highest BCUT2D eigenvalue weighted by Crippen LogP contribution is 2.27. The van der Waals surface area contributed by atoms with Crippen molar-refractivity contribution in [2.24, 2.45) is 0 Å². The van der Waals surface area contributed by atoms with Crippen LogP contribution in [0.5, 0.6) is 0 Å². The third-order valence-corrected chi connectivity index (χ3v) is 4.13. The summed E-state index contributed by atoms with van der Waals surface area (Å²) in [6.07, 6.45) is 1.90. The molecule has 0 unspecified atom stereocenters. The van der Waals surface area contributed by atoms with E-state index in [1.165, 1.54) is 0 Å². The molecule has 1 N–H and O–H groups in total. The predicted octanol–water partition coefficient (Wildman–Crippen LogP) is 1.27. The Morgan fingerprint density at radius 2 is 2.13 bits per heavy atom. The molecule has 3 heterocycles. The third kappa shape index (κ3) is 1.54. The maximum Gasteiger partial charge on any atom is 0.271 e. The molecule has 2 aliphatic heterocycles. The van der Waals surface area contributed by atoms with Crippen LogP contribution in [-0.4, -0.2) is 23.0 Å². The van der Waals surface area contributed by atoms with Crippen LogP contribution in [0.4, 0.5) is 0 Å². The molecule has 0 aromatic carbocycles. The summed E-state index contributed by atoms with van der Waals surface area (Å²) in [5.74, 6) is 1.84. The number of thioether (sulfide) groups is 1. The number of nitrogens with one attached hydrogen (secondary N) is 1. The highest BCUT2D eigenvalue weighted by molar-refractivity contribution is 7.98. The Kier molecular flexibility index (Phi) is 2.36. The number of ether oxygens (including phenoxy) is 1. The minimum absolute atomic E-state index is 0.196. The first-order valence-electron chi connectivity index (χ1n) is 5.34. The van der Waals surface area contributed by atoms with Crippen LogP contribution in [-0.2, 0) is 16.2 Å². The van der Waals surface area contributed by atoms with Crippen LogP contribution >= 0.6 is 11.8 Å². The quantitative estimate of drug-likeness (QED) is 0.784. The van der Waals surface area contributed by atoms with Crippen molar-refractivity contribution in [1.29, 1.82) is 0 Å². The van der Waals surface area contributed by atoms with Gasteiger partial charge in [0.2, 0.25) is 0 Å². The Morgan fingerprint density at radius 3 is 2.87 bits per heavy atom. The van der Waals surface area contributed by atoms with Crippen molar-refractivity contribution in [3.63, 3.8) is 0 Å². The van der Waals surface area contributed by atoms with Gasteiger partial charge in [-0.05, 0) is 12.8 Å². The fourth-order valence-corrected chi connectivity index (χ4v) is 3.31. The number of hydrogen-bond acceptors (Lipinski definition) is 3. The molecule has 1 aromatic heterocycles. The van der Waals surface area contributed by atoms with Gasteiger partial charge >= 0.3 is 0 Å². The van der Waals surface area contributed by atoms with Gasteiger partial charge in [0.05, 0.1) is 17.3 Å². The van der Waals surface area contributed by atoms with Gasteiger partial charge in [-0.2, -0.15) is 11.8 Å². The lowest BCUT2D eigenvalue weighted by molar-refractivity contribution is 0.0652. The van der Waals surface area contributed by atoms with Gasteiger partial charge < -0.3 is 4.74 Å². The molecule has 1 saturated heterocycles. The first-order chi connectivity index (χ1) is 7.36. The third-order valence-electron chi connectivity index (χ3n) is 3.15. The molecule has 0 amide bonds. The molecule has 2 aliphatic rings. The molecule has 0 saturated carbocycles. The van der Waals surface area contributed by atoms with E-state index in [1.807, 2.05) is 16.4 Å². The summed E-state index contributed by atoms with van der Waals surface area (Å²) in [5, 5.41) is 3.26. The average Bonchev–Trinajstić information content (AvgIpc) is 2.83. The zero-order valence-electron chi connectivity index (χ0n) is 8.49. The number of aromatic amines is 1. The summed E-state index contributed by atoms with van der Waals surface area (Å²) >= 11 is 1.81. The Labute approximate surface area is 92.0 Å². The van der Waals surface area contributed by atoms with E-state index < -0.39 is 0 Å². The summed E-state index contributed by atoms with van der Waals surface area (Å²) < 4.78 is 7.13. The van der Waals surface area contributed by atoms with E-state index in [0.717, 1.165) is 48.8 Å². The number of hydrogen-bond donors (Lipinski definition) is 1. The molecule has 0 bridgehead atoms. The summed E-state index contributed by atoms with van der Waals surface area (Å²) in [6.45, 7) is 1.55. The number of H-pyrrole nitrogens is 1. The Bertz CT molecular complexity index is 418. The number of fused-ring (bicyclic) bond motifs is 1. The maximum atomic E-state index is 12.0. The standard InChI is InChI=1S/C10H14N2O2S/c13-10-8-5-15-6-9(8)11-12(10)7-1-3-14-4-2-7/h7,11H,1-6H2. The molecule has 1 aromatic rings. The van der Waals surface area contributed by atoms with Gasteiger partial charge in [-0.15, -0.1) is 0 Å². The second-order valence-electron chi connectivity index (χ2n) is 4.08. The van der Waals surface area contributed by atoms with Crippen molar-refractivity contribution in [2.75, 3.05) is 13.2 Å². The van der Waals surface area contributed by atoms with Crippen LogP contribution in [0.15, 0.2) is 4.79 Å². The summed E-state index contributed by atoms with van der Waals surface area (Å²) in [5.41, 5.74) is 2.32. The molecule has 3 rings (SSSR count). The molecule has 15 heavy (non-hydrogen) atoms. The van der Waals surface area contributed by atoms with Crippen LogP contribution in [0.2, 0.25) is 0 Å². The van der Waals surface area contributed by atoms with Gasteiger partial charge in [0.15, 0.2) is 0 Å². The fourth-order valence-electron chi connectivity index (χ4n) is 2.26. The normalized spacial score (nSPS) is 21.9. The number of nitrogens with zero attached hydrogens (tertiary/aromatic N) is 1. The van der Waals surface area contributed by atoms with Crippen LogP contribution in [0.1, 0.15) is 30.1 Å². The van der Waals surface area contributed by atoms with Crippen LogP contribution in [0.25, 0.3) is 0 Å². The molecule has 82 valence electrons. The van der Waals surface area contributed by atoms with E-state index >= 15 is 0 Å². The molecule has 5 heteroatoms. The summed E-state index contributed by atoms with van der Waals surface area (Å²) in [4.78, 5) is 12.0. The van der Waals surface area contributed by atoms with Gasteiger partial charge in [0.25, 0.3) is 5.56 Å². The van der Waals surface area contributed by atoms with Crippen LogP contribution < -0.4 is 5.56 Å². The second kappa shape index (κ2) is 3.72. The minimum Gasteiger partial charge on any atom is -0.381 e. The molecule has 0 atom stereocenters. The SMILES string of the molecule is O=c1c2c([nH]n1C1CCOCC1)CSC2. The van der Waals surface area contributed by atoms with Gasteiger partial charge in [0.1, 0.15) is 0 Å². The molecule has 1 fully saturated rings. The van der Waals surface area contributed by atoms with E-state index in [1.54, 1.807) is 0 Å². The van der Waals surface area contributed by atoms with Crippen molar-refractivity contribution in [2.45, 2.75) is 30.4 Å². The molecular weight excluding hydrogens is 212 g/mol. The molecule has 0 spiro atoms. The highest BCUT2D eigenvalue weighted by atomic mass is 32.2. The van der Waals surface area contributed by atoms with Crippen molar-refractivity contribution in [1.82, 2.24) is 9.78 Å². The van der Waals surface area contributed by atoms with Crippen LogP contribution in [0.3, 0.4) is 0 Å².